The number of urea groups is 1. The minimum absolute atomic E-state index is 0.0189. The third kappa shape index (κ3) is 4.99. The number of amides is 4. The minimum Gasteiger partial charge on any atom is -0.342 e. The first-order valence-electron chi connectivity index (χ1n) is 11.4. The molecule has 4 rings (SSSR count). The summed E-state index contributed by atoms with van der Waals surface area (Å²) in [5, 5.41) is 5.68. The Hall–Kier alpha value is -2.64. The fourth-order valence-electron chi connectivity index (χ4n) is 4.96. The minimum atomic E-state index is -0.660. The van der Waals surface area contributed by atoms with Crippen molar-refractivity contribution in [2.75, 3.05) is 24.5 Å². The average Bonchev–Trinajstić information content (AvgIpc) is 3.14. The molecule has 0 spiro atoms. The highest BCUT2D eigenvalue weighted by molar-refractivity contribution is 6.01. The van der Waals surface area contributed by atoms with Gasteiger partial charge in [-0.05, 0) is 44.2 Å². The smallest absolute Gasteiger partial charge is 0.315 e. The predicted octanol–water partition coefficient (Wildman–Crippen LogP) is 2.80. The number of likely N-dealkylation sites (tertiary alicyclic amines) is 1. The van der Waals surface area contributed by atoms with Gasteiger partial charge in [0.2, 0.25) is 11.8 Å². The molecule has 4 amide bonds. The van der Waals surface area contributed by atoms with Crippen LogP contribution in [0.2, 0.25) is 0 Å². The van der Waals surface area contributed by atoms with Crippen molar-refractivity contribution in [3.63, 3.8) is 0 Å². The van der Waals surface area contributed by atoms with Gasteiger partial charge in [0.05, 0.1) is 5.69 Å². The zero-order chi connectivity index (χ0) is 21.8. The highest BCUT2D eigenvalue weighted by Crippen LogP contribution is 2.27. The Bertz CT molecular complexity index is 819. The molecule has 2 N–H and O–H groups in total. The maximum absolute atomic E-state index is 14.0. The lowest BCUT2D eigenvalue weighted by atomic mass is 9.87. The first-order valence-corrected chi connectivity index (χ1v) is 11.4. The van der Waals surface area contributed by atoms with Crippen LogP contribution in [0.5, 0.6) is 0 Å². The van der Waals surface area contributed by atoms with E-state index in [1.165, 1.54) is 17.4 Å². The quantitative estimate of drug-likeness (QED) is 0.771. The molecule has 0 radical (unpaired) electrons. The van der Waals surface area contributed by atoms with Crippen LogP contribution in [-0.2, 0) is 9.59 Å². The van der Waals surface area contributed by atoms with Gasteiger partial charge in [-0.1, -0.05) is 31.4 Å². The average molecular weight is 431 g/mol. The molecular weight excluding hydrogens is 399 g/mol. The van der Waals surface area contributed by atoms with E-state index >= 15 is 0 Å². The fourth-order valence-corrected chi connectivity index (χ4v) is 4.96. The molecule has 1 aliphatic carbocycles. The molecule has 31 heavy (non-hydrogen) atoms. The predicted molar refractivity (Wildman–Crippen MR) is 115 cm³/mol. The van der Waals surface area contributed by atoms with Crippen LogP contribution in [0.15, 0.2) is 24.3 Å². The van der Waals surface area contributed by atoms with Crippen LogP contribution >= 0.6 is 0 Å². The number of carbonyl (C=O) groups is 3. The van der Waals surface area contributed by atoms with Gasteiger partial charge in [-0.15, -0.1) is 0 Å². The number of hydrogen-bond donors (Lipinski definition) is 2. The number of nitrogens with zero attached hydrogens (tertiary/aromatic N) is 2. The van der Waals surface area contributed by atoms with Gasteiger partial charge < -0.3 is 20.4 Å². The summed E-state index contributed by atoms with van der Waals surface area (Å²) in [7, 11) is 0. The van der Waals surface area contributed by atoms with E-state index in [2.05, 4.69) is 10.6 Å². The summed E-state index contributed by atoms with van der Waals surface area (Å²) in [5.41, 5.74) is 0.243. The summed E-state index contributed by atoms with van der Waals surface area (Å²) in [6.45, 7) is 1.68. The molecule has 7 nitrogen and oxygen atoms in total. The molecule has 1 saturated carbocycles. The molecule has 2 aliphatic heterocycles. The van der Waals surface area contributed by atoms with Crippen LogP contribution in [0.4, 0.5) is 14.9 Å². The normalized spacial score (nSPS) is 23.1. The molecule has 0 bridgehead atoms. The number of piperidine rings is 1. The maximum Gasteiger partial charge on any atom is 0.315 e. The Morgan fingerprint density at radius 1 is 0.903 bits per heavy atom. The van der Waals surface area contributed by atoms with E-state index in [4.69, 9.17) is 0 Å². The SMILES string of the molecule is O=C(NC1CCN(C(=O)C2CCCCC2)CC1)NC1CCN(c2ccccc2F)C1=O. The number of rotatable bonds is 4. The van der Waals surface area contributed by atoms with E-state index in [1.54, 1.807) is 18.2 Å². The van der Waals surface area contributed by atoms with Gasteiger partial charge in [-0.2, -0.15) is 0 Å². The molecular formula is C23H31FN4O3. The lowest BCUT2D eigenvalue weighted by Crippen LogP contribution is -2.52. The number of carbonyl (C=O) groups excluding carboxylic acids is 3. The lowest BCUT2D eigenvalue weighted by Gasteiger charge is -2.35. The molecule has 168 valence electrons. The van der Waals surface area contributed by atoms with Crippen LogP contribution < -0.4 is 15.5 Å². The first kappa shape index (κ1) is 21.6. The summed E-state index contributed by atoms with van der Waals surface area (Å²) >= 11 is 0. The molecule has 1 aromatic rings. The van der Waals surface area contributed by atoms with Crippen LogP contribution in [-0.4, -0.2) is 54.5 Å². The summed E-state index contributed by atoms with van der Waals surface area (Å²) in [6, 6.07) is 5.09. The molecule has 8 heteroatoms. The highest BCUT2D eigenvalue weighted by Gasteiger charge is 2.35. The summed E-state index contributed by atoms with van der Waals surface area (Å²) in [5.74, 6) is -0.302. The summed E-state index contributed by atoms with van der Waals surface area (Å²) in [4.78, 5) is 41.1. The van der Waals surface area contributed by atoms with Crippen molar-refractivity contribution in [1.29, 1.82) is 0 Å². The molecule has 1 atom stereocenters. The molecule has 2 heterocycles. The van der Waals surface area contributed by atoms with Crippen LogP contribution in [0.25, 0.3) is 0 Å². The van der Waals surface area contributed by atoms with E-state index in [0.29, 0.717) is 38.9 Å². The fraction of sp³-hybridized carbons (Fsp3) is 0.609. The van der Waals surface area contributed by atoms with Crippen molar-refractivity contribution >= 4 is 23.5 Å². The van der Waals surface area contributed by atoms with Crippen molar-refractivity contribution in [3.8, 4) is 0 Å². The topological polar surface area (TPSA) is 81.8 Å². The van der Waals surface area contributed by atoms with Crippen LogP contribution in [0.3, 0.4) is 0 Å². The third-order valence-electron chi connectivity index (χ3n) is 6.75. The Morgan fingerprint density at radius 2 is 1.61 bits per heavy atom. The Kier molecular flexibility index (Phi) is 6.73. The van der Waals surface area contributed by atoms with E-state index in [-0.39, 0.29) is 35.5 Å². The molecule has 3 fully saturated rings. The molecule has 1 unspecified atom stereocenters. The second-order valence-electron chi connectivity index (χ2n) is 8.83. The Balaban J connectivity index is 1.22. The lowest BCUT2D eigenvalue weighted by molar-refractivity contribution is -0.137. The molecule has 1 aromatic carbocycles. The first-order chi connectivity index (χ1) is 15.0. The highest BCUT2D eigenvalue weighted by atomic mass is 19.1. The van der Waals surface area contributed by atoms with E-state index in [1.807, 2.05) is 4.90 Å². The van der Waals surface area contributed by atoms with Crippen LogP contribution in [0.1, 0.15) is 51.4 Å². The Labute approximate surface area is 182 Å². The van der Waals surface area contributed by atoms with Gasteiger partial charge in [0.1, 0.15) is 11.9 Å². The maximum atomic E-state index is 14.0. The van der Waals surface area contributed by atoms with E-state index in [9.17, 15) is 18.8 Å². The van der Waals surface area contributed by atoms with Gasteiger partial charge in [0.25, 0.3) is 0 Å². The second-order valence-corrected chi connectivity index (χ2v) is 8.83. The molecule has 2 saturated heterocycles. The van der Waals surface area contributed by atoms with Gasteiger partial charge >= 0.3 is 6.03 Å². The standard InChI is InChI=1S/C23H31FN4O3/c24-18-8-4-5-9-20(18)28-15-12-19(22(28)30)26-23(31)25-17-10-13-27(14-11-17)21(29)16-6-2-1-3-7-16/h4-5,8-9,16-17,19H,1-3,6-7,10-15H2,(H2,25,26,31). The zero-order valence-electron chi connectivity index (χ0n) is 17.8. The van der Waals surface area contributed by atoms with Crippen molar-refractivity contribution in [2.24, 2.45) is 5.92 Å². The summed E-state index contributed by atoms with van der Waals surface area (Å²) in [6.07, 6.45) is 7.38. The molecule has 0 aromatic heterocycles. The van der Waals surface area contributed by atoms with E-state index < -0.39 is 11.9 Å². The van der Waals surface area contributed by atoms with Crippen molar-refractivity contribution < 1.29 is 18.8 Å². The van der Waals surface area contributed by atoms with Gasteiger partial charge in [-0.25, -0.2) is 9.18 Å². The second kappa shape index (κ2) is 9.66. The largest absolute Gasteiger partial charge is 0.342 e. The number of anilines is 1. The van der Waals surface area contributed by atoms with E-state index in [0.717, 1.165) is 25.7 Å². The number of nitrogens with one attached hydrogen (secondary N) is 2. The Morgan fingerprint density at radius 3 is 2.32 bits per heavy atom. The third-order valence-corrected chi connectivity index (χ3v) is 6.75. The van der Waals surface area contributed by atoms with Crippen LogP contribution in [0, 0.1) is 11.7 Å². The molecule has 3 aliphatic rings. The number of halogens is 1. The van der Waals surface area contributed by atoms with Crippen molar-refractivity contribution in [3.05, 3.63) is 30.1 Å². The summed E-state index contributed by atoms with van der Waals surface area (Å²) < 4.78 is 14.0. The van der Waals surface area contributed by atoms with Gasteiger partial charge in [0, 0.05) is 31.6 Å². The van der Waals surface area contributed by atoms with Crippen molar-refractivity contribution in [2.45, 2.75) is 63.5 Å². The van der Waals surface area contributed by atoms with Gasteiger partial charge in [-0.3, -0.25) is 9.59 Å². The van der Waals surface area contributed by atoms with Crippen molar-refractivity contribution in [1.82, 2.24) is 15.5 Å². The number of hydrogen-bond acceptors (Lipinski definition) is 3. The number of benzene rings is 1. The zero-order valence-corrected chi connectivity index (χ0v) is 17.8. The number of para-hydroxylation sites is 1. The monoisotopic (exact) mass is 430 g/mol. The van der Waals surface area contributed by atoms with Gasteiger partial charge in [0.15, 0.2) is 0 Å².